The Labute approximate surface area is 44.9 Å². The average Bonchev–Trinajstić information content (AvgIpc) is 1.65. The summed E-state index contributed by atoms with van der Waals surface area (Å²) >= 11 is 0. The molecule has 0 aromatic heterocycles. The van der Waals surface area contributed by atoms with Crippen LogP contribution in [-0.4, -0.2) is 25.4 Å². The first-order valence-corrected chi connectivity index (χ1v) is 2.22. The number of aliphatic hydroxyl groups is 1. The zero-order valence-electron chi connectivity index (χ0n) is 4.59. The van der Waals surface area contributed by atoms with Crippen LogP contribution in [0.3, 0.4) is 0 Å². The molecule has 2 atom stereocenters. The van der Waals surface area contributed by atoms with Gasteiger partial charge in [0, 0.05) is 0 Å². The van der Waals surface area contributed by atoms with Gasteiger partial charge in [0.1, 0.15) is 0 Å². The van der Waals surface area contributed by atoms with Crippen molar-refractivity contribution in [3.8, 4) is 0 Å². The molecule has 2 nitrogen and oxygen atoms in total. The molecular formula is C4H9BO2. The predicted molar refractivity (Wildman–Crippen MR) is 28.0 cm³/mol. The van der Waals surface area contributed by atoms with E-state index in [4.69, 9.17) is 13.2 Å². The lowest BCUT2D eigenvalue weighted by molar-refractivity contribution is 0.0665. The van der Waals surface area contributed by atoms with Gasteiger partial charge in [0.05, 0.1) is 12.2 Å². The molecule has 0 aromatic rings. The van der Waals surface area contributed by atoms with Crippen molar-refractivity contribution in [3.05, 3.63) is 0 Å². The lowest BCUT2D eigenvalue weighted by Crippen LogP contribution is -2.21. The van der Waals surface area contributed by atoms with Crippen LogP contribution in [0.2, 0.25) is 0 Å². The first kappa shape index (κ1) is 6.98. The molecule has 0 aromatic carbocycles. The molecular weight excluding hydrogens is 90.9 g/mol. The summed E-state index contributed by atoms with van der Waals surface area (Å²) in [5.74, 6) is 0. The van der Waals surface area contributed by atoms with Crippen LogP contribution in [0.25, 0.3) is 0 Å². The van der Waals surface area contributed by atoms with Crippen molar-refractivity contribution in [2.75, 3.05) is 0 Å². The van der Waals surface area contributed by atoms with E-state index in [-0.39, 0.29) is 6.10 Å². The Kier molecular flexibility index (Phi) is 3.04. The van der Waals surface area contributed by atoms with E-state index in [1.54, 1.807) is 13.8 Å². The average molecular weight is 99.9 g/mol. The van der Waals surface area contributed by atoms with Gasteiger partial charge in [-0.3, -0.25) is 0 Å². The third-order valence-corrected chi connectivity index (χ3v) is 0.894. The van der Waals surface area contributed by atoms with Crippen molar-refractivity contribution in [1.82, 2.24) is 0 Å². The van der Waals surface area contributed by atoms with E-state index in [2.05, 4.69) is 4.65 Å². The van der Waals surface area contributed by atoms with Gasteiger partial charge in [0.2, 0.25) is 0 Å². The van der Waals surface area contributed by atoms with Gasteiger partial charge in [-0.1, -0.05) is 0 Å². The second-order valence-electron chi connectivity index (χ2n) is 1.58. The molecule has 0 fully saturated rings. The molecule has 0 amide bonds. The molecule has 0 rings (SSSR count). The Bertz CT molecular complexity index is 47.0. The molecule has 0 spiro atoms. The molecule has 0 aliphatic heterocycles. The normalized spacial score (nSPS) is 18.7. The van der Waals surface area contributed by atoms with E-state index in [9.17, 15) is 0 Å². The minimum atomic E-state index is -0.481. The van der Waals surface area contributed by atoms with Crippen molar-refractivity contribution in [3.63, 3.8) is 0 Å². The summed E-state index contributed by atoms with van der Waals surface area (Å²) < 4.78 is 4.26. The van der Waals surface area contributed by atoms with Gasteiger partial charge in [-0.05, 0) is 13.8 Å². The van der Waals surface area contributed by atoms with Crippen LogP contribution < -0.4 is 0 Å². The maximum atomic E-state index is 8.62. The van der Waals surface area contributed by atoms with Gasteiger partial charge in [0.25, 0.3) is 8.05 Å². The lowest BCUT2D eigenvalue weighted by Gasteiger charge is -2.11. The van der Waals surface area contributed by atoms with Crippen molar-refractivity contribution >= 4 is 8.05 Å². The van der Waals surface area contributed by atoms with Crippen molar-refractivity contribution in [2.24, 2.45) is 0 Å². The molecule has 3 heteroatoms. The van der Waals surface area contributed by atoms with E-state index in [1.807, 2.05) is 0 Å². The maximum Gasteiger partial charge on any atom is 0.283 e. The van der Waals surface area contributed by atoms with Crippen LogP contribution >= 0.6 is 0 Å². The number of rotatable bonds is 2. The Morgan fingerprint density at radius 1 is 1.57 bits per heavy atom. The summed E-state index contributed by atoms with van der Waals surface area (Å²) in [7, 11) is 4.71. The first-order valence-electron chi connectivity index (χ1n) is 2.22. The molecule has 0 heterocycles. The number of hydrogen-bond donors (Lipinski definition) is 1. The van der Waals surface area contributed by atoms with Crippen molar-refractivity contribution in [2.45, 2.75) is 26.1 Å². The minimum absolute atomic E-state index is 0.264. The molecule has 0 saturated heterocycles. The summed E-state index contributed by atoms with van der Waals surface area (Å²) in [6.07, 6.45) is -0.745. The first-order chi connectivity index (χ1) is 3.18. The van der Waals surface area contributed by atoms with Crippen LogP contribution in [0, 0.1) is 0 Å². The standard InChI is InChI=1S/C4H9BO2/c1-3(6)4(2)7-5/h3-4,6H,1-2H3. The van der Waals surface area contributed by atoms with E-state index >= 15 is 0 Å². The van der Waals surface area contributed by atoms with Crippen molar-refractivity contribution < 1.29 is 9.76 Å². The molecule has 2 unspecified atom stereocenters. The predicted octanol–water partition coefficient (Wildman–Crippen LogP) is -0.144. The summed E-state index contributed by atoms with van der Waals surface area (Å²) in [5.41, 5.74) is 0. The molecule has 0 aliphatic rings. The van der Waals surface area contributed by atoms with Gasteiger partial charge >= 0.3 is 0 Å². The lowest BCUT2D eigenvalue weighted by atomic mass is 10.2. The smallest absolute Gasteiger partial charge is 0.283 e. The van der Waals surface area contributed by atoms with Crippen LogP contribution in [0.15, 0.2) is 0 Å². The molecule has 7 heavy (non-hydrogen) atoms. The molecule has 1 N–H and O–H groups in total. The van der Waals surface area contributed by atoms with Gasteiger partial charge in [-0.2, -0.15) is 0 Å². The quantitative estimate of drug-likeness (QED) is 0.489. The summed E-state index contributed by atoms with van der Waals surface area (Å²) in [6.45, 7) is 3.32. The Morgan fingerprint density at radius 2 is 2.00 bits per heavy atom. The zero-order valence-corrected chi connectivity index (χ0v) is 4.59. The number of hydrogen-bond acceptors (Lipinski definition) is 2. The SMILES string of the molecule is [B]OC(C)C(C)O. The second kappa shape index (κ2) is 3.05. The van der Waals surface area contributed by atoms with E-state index in [0.29, 0.717) is 0 Å². The van der Waals surface area contributed by atoms with E-state index in [1.165, 1.54) is 0 Å². The fourth-order valence-corrected chi connectivity index (χ4v) is 0.114. The summed E-state index contributed by atoms with van der Waals surface area (Å²) in [5, 5.41) is 8.62. The largest absolute Gasteiger partial charge is 0.443 e. The van der Waals surface area contributed by atoms with Gasteiger partial charge in [-0.15, -0.1) is 0 Å². The highest BCUT2D eigenvalue weighted by atomic mass is 16.4. The topological polar surface area (TPSA) is 29.5 Å². The van der Waals surface area contributed by atoms with Crippen LogP contribution in [0.1, 0.15) is 13.8 Å². The van der Waals surface area contributed by atoms with E-state index < -0.39 is 6.10 Å². The summed E-state index contributed by atoms with van der Waals surface area (Å²) in [6, 6.07) is 0. The fraction of sp³-hybridized carbons (Fsp3) is 1.00. The van der Waals surface area contributed by atoms with Crippen LogP contribution in [0.4, 0.5) is 0 Å². The molecule has 2 radical (unpaired) electrons. The highest BCUT2D eigenvalue weighted by Gasteiger charge is 2.03. The Hall–Kier alpha value is -0.0151. The van der Waals surface area contributed by atoms with Crippen LogP contribution in [0.5, 0.6) is 0 Å². The number of aliphatic hydroxyl groups excluding tert-OH is 1. The molecule has 0 aliphatic carbocycles. The van der Waals surface area contributed by atoms with Gasteiger partial charge in [0.15, 0.2) is 0 Å². The molecule has 40 valence electrons. The zero-order chi connectivity index (χ0) is 5.86. The Balaban J connectivity index is 3.14. The van der Waals surface area contributed by atoms with Gasteiger partial charge < -0.3 is 9.76 Å². The molecule has 0 bridgehead atoms. The Morgan fingerprint density at radius 3 is 2.00 bits per heavy atom. The highest BCUT2D eigenvalue weighted by Crippen LogP contribution is 1.92. The minimum Gasteiger partial charge on any atom is -0.443 e. The monoisotopic (exact) mass is 100 g/mol. The fourth-order valence-electron chi connectivity index (χ4n) is 0.114. The second-order valence-corrected chi connectivity index (χ2v) is 1.58. The van der Waals surface area contributed by atoms with Crippen LogP contribution in [-0.2, 0) is 4.65 Å². The third-order valence-electron chi connectivity index (χ3n) is 0.894. The summed E-state index contributed by atoms with van der Waals surface area (Å²) in [4.78, 5) is 0. The van der Waals surface area contributed by atoms with Crippen molar-refractivity contribution in [1.29, 1.82) is 0 Å². The molecule has 0 saturated carbocycles. The van der Waals surface area contributed by atoms with Gasteiger partial charge in [-0.25, -0.2) is 0 Å². The van der Waals surface area contributed by atoms with E-state index in [0.717, 1.165) is 0 Å². The highest BCUT2D eigenvalue weighted by molar-refractivity contribution is 5.98. The third kappa shape index (κ3) is 2.65. The maximum absolute atomic E-state index is 8.62.